The SMILES string of the molecule is Cc1nc([C@@H]2CCOC2)c2c(N3CCc4nc(C5CC5)oc4C3)ncnn12. The molecule has 1 saturated heterocycles. The molecule has 8 heteroatoms. The minimum Gasteiger partial charge on any atom is -0.443 e. The third-order valence-electron chi connectivity index (χ3n) is 5.89. The molecule has 8 nitrogen and oxygen atoms in total. The van der Waals surface area contributed by atoms with Gasteiger partial charge < -0.3 is 14.1 Å². The molecule has 0 unspecified atom stereocenters. The van der Waals surface area contributed by atoms with Gasteiger partial charge >= 0.3 is 0 Å². The molecule has 1 saturated carbocycles. The third kappa shape index (κ3) is 2.46. The molecule has 0 amide bonds. The maximum absolute atomic E-state index is 6.09. The average molecular weight is 366 g/mol. The lowest BCUT2D eigenvalue weighted by atomic mass is 10.0. The van der Waals surface area contributed by atoms with Gasteiger partial charge in [-0.15, -0.1) is 0 Å². The van der Waals surface area contributed by atoms with E-state index in [1.807, 2.05) is 11.4 Å². The predicted molar refractivity (Wildman–Crippen MR) is 96.9 cm³/mol. The van der Waals surface area contributed by atoms with Crippen molar-refractivity contribution in [1.29, 1.82) is 0 Å². The molecule has 0 N–H and O–H groups in total. The zero-order chi connectivity index (χ0) is 18.0. The van der Waals surface area contributed by atoms with Gasteiger partial charge in [0.15, 0.2) is 11.7 Å². The number of oxazole rings is 1. The maximum Gasteiger partial charge on any atom is 0.197 e. The van der Waals surface area contributed by atoms with Crippen LogP contribution in [0.25, 0.3) is 5.52 Å². The van der Waals surface area contributed by atoms with E-state index in [0.29, 0.717) is 18.4 Å². The molecule has 1 aliphatic carbocycles. The number of ether oxygens (including phenoxy) is 1. The average Bonchev–Trinajstić information content (AvgIpc) is 3.10. The zero-order valence-electron chi connectivity index (χ0n) is 15.4. The highest BCUT2D eigenvalue weighted by Crippen LogP contribution is 2.41. The Bertz CT molecular complexity index is 1010. The number of anilines is 1. The number of nitrogens with zero attached hydrogens (tertiary/aromatic N) is 6. The van der Waals surface area contributed by atoms with Gasteiger partial charge in [0.25, 0.3) is 0 Å². The van der Waals surface area contributed by atoms with Gasteiger partial charge in [-0.3, -0.25) is 0 Å². The molecule has 2 aliphatic heterocycles. The normalized spacial score (nSPS) is 22.6. The van der Waals surface area contributed by atoms with Crippen molar-refractivity contribution in [3.05, 3.63) is 35.2 Å². The van der Waals surface area contributed by atoms with Crippen LogP contribution >= 0.6 is 0 Å². The van der Waals surface area contributed by atoms with E-state index in [1.165, 1.54) is 12.8 Å². The molecule has 0 aromatic carbocycles. The van der Waals surface area contributed by atoms with Crippen molar-refractivity contribution in [3.8, 4) is 0 Å². The molecule has 3 aromatic rings. The first-order chi connectivity index (χ1) is 13.3. The van der Waals surface area contributed by atoms with Crippen LogP contribution in [0.3, 0.4) is 0 Å². The number of hydrogen-bond acceptors (Lipinski definition) is 7. The number of aromatic nitrogens is 5. The quantitative estimate of drug-likeness (QED) is 0.704. The van der Waals surface area contributed by atoms with E-state index < -0.39 is 0 Å². The molecule has 3 aliphatic rings. The Labute approximate surface area is 156 Å². The van der Waals surface area contributed by atoms with Gasteiger partial charge in [-0.25, -0.2) is 19.5 Å². The van der Waals surface area contributed by atoms with Gasteiger partial charge in [0, 0.05) is 31.4 Å². The van der Waals surface area contributed by atoms with Crippen LogP contribution in [0.1, 0.15) is 60.0 Å². The van der Waals surface area contributed by atoms with E-state index >= 15 is 0 Å². The standard InChI is InChI=1S/C19H22N6O2/c1-11-22-16(13-5-7-26-9-13)17-18(20-10-21-25(11)17)24-6-4-14-15(8-24)27-19(23-14)12-2-3-12/h10,12-13H,2-9H2,1H3/t13-/m1/s1. The molecule has 140 valence electrons. The van der Waals surface area contributed by atoms with E-state index in [-0.39, 0.29) is 0 Å². The third-order valence-corrected chi connectivity index (χ3v) is 5.89. The Hall–Kier alpha value is -2.48. The lowest BCUT2D eigenvalue weighted by Crippen LogP contribution is -2.31. The van der Waals surface area contributed by atoms with E-state index in [4.69, 9.17) is 19.1 Å². The Kier molecular flexibility index (Phi) is 3.32. The molecular formula is C19H22N6O2. The first-order valence-electron chi connectivity index (χ1n) is 9.79. The lowest BCUT2D eigenvalue weighted by molar-refractivity contribution is 0.193. The van der Waals surface area contributed by atoms with Crippen molar-refractivity contribution in [2.75, 3.05) is 24.7 Å². The van der Waals surface area contributed by atoms with Crippen molar-refractivity contribution in [2.45, 2.75) is 51.0 Å². The summed E-state index contributed by atoms with van der Waals surface area (Å²) in [6, 6.07) is 0. The first kappa shape index (κ1) is 15.6. The maximum atomic E-state index is 6.09. The van der Waals surface area contributed by atoms with Crippen LogP contribution in [0.2, 0.25) is 0 Å². The van der Waals surface area contributed by atoms with Crippen molar-refractivity contribution in [2.24, 2.45) is 0 Å². The highest BCUT2D eigenvalue weighted by molar-refractivity contribution is 5.73. The van der Waals surface area contributed by atoms with Gasteiger partial charge in [-0.1, -0.05) is 0 Å². The summed E-state index contributed by atoms with van der Waals surface area (Å²) in [5, 5.41) is 4.45. The van der Waals surface area contributed by atoms with E-state index in [9.17, 15) is 0 Å². The summed E-state index contributed by atoms with van der Waals surface area (Å²) in [5.74, 6) is 4.60. The minimum atomic E-state index is 0.311. The molecule has 1 atom stereocenters. The summed E-state index contributed by atoms with van der Waals surface area (Å²) in [6.45, 7) is 5.09. The van der Waals surface area contributed by atoms with Crippen LogP contribution < -0.4 is 4.90 Å². The van der Waals surface area contributed by atoms with Crippen LogP contribution in [-0.4, -0.2) is 44.3 Å². The number of imidazole rings is 1. The smallest absolute Gasteiger partial charge is 0.197 e. The Morgan fingerprint density at radius 3 is 2.89 bits per heavy atom. The summed E-state index contributed by atoms with van der Waals surface area (Å²) in [5.41, 5.74) is 3.19. The second kappa shape index (κ2) is 5.76. The Morgan fingerprint density at radius 2 is 2.07 bits per heavy atom. The molecule has 3 aromatic heterocycles. The predicted octanol–water partition coefficient (Wildman–Crippen LogP) is 2.36. The van der Waals surface area contributed by atoms with Crippen LogP contribution in [0.15, 0.2) is 10.7 Å². The summed E-state index contributed by atoms with van der Waals surface area (Å²) in [6.07, 6.45) is 5.92. The van der Waals surface area contributed by atoms with Gasteiger partial charge in [0.1, 0.15) is 23.4 Å². The van der Waals surface area contributed by atoms with Crippen LogP contribution in [-0.2, 0) is 17.7 Å². The Balaban J connectivity index is 1.41. The van der Waals surface area contributed by atoms with E-state index in [1.54, 1.807) is 6.33 Å². The van der Waals surface area contributed by atoms with Crippen molar-refractivity contribution in [3.63, 3.8) is 0 Å². The summed E-state index contributed by atoms with van der Waals surface area (Å²) in [4.78, 5) is 16.5. The topological polar surface area (TPSA) is 81.6 Å². The van der Waals surface area contributed by atoms with E-state index in [0.717, 1.165) is 72.8 Å². The zero-order valence-corrected chi connectivity index (χ0v) is 15.4. The number of hydrogen-bond donors (Lipinski definition) is 0. The summed E-state index contributed by atoms with van der Waals surface area (Å²) < 4.78 is 13.6. The lowest BCUT2D eigenvalue weighted by Gasteiger charge is -2.27. The fraction of sp³-hybridized carbons (Fsp3) is 0.579. The number of fused-ring (bicyclic) bond motifs is 2. The van der Waals surface area contributed by atoms with Crippen molar-refractivity contribution >= 4 is 11.3 Å². The fourth-order valence-corrected chi connectivity index (χ4v) is 4.26. The molecule has 27 heavy (non-hydrogen) atoms. The largest absolute Gasteiger partial charge is 0.443 e. The molecule has 0 radical (unpaired) electrons. The second-order valence-electron chi connectivity index (χ2n) is 7.82. The Morgan fingerprint density at radius 1 is 1.15 bits per heavy atom. The fourth-order valence-electron chi connectivity index (χ4n) is 4.26. The summed E-state index contributed by atoms with van der Waals surface area (Å²) in [7, 11) is 0. The first-order valence-corrected chi connectivity index (χ1v) is 9.79. The van der Waals surface area contributed by atoms with Gasteiger partial charge in [0.05, 0.1) is 24.5 Å². The monoisotopic (exact) mass is 366 g/mol. The molecule has 6 rings (SSSR count). The molecular weight excluding hydrogens is 344 g/mol. The van der Waals surface area contributed by atoms with Crippen LogP contribution in [0, 0.1) is 6.92 Å². The highest BCUT2D eigenvalue weighted by atomic mass is 16.5. The van der Waals surface area contributed by atoms with Gasteiger partial charge in [-0.05, 0) is 26.2 Å². The summed E-state index contributed by atoms with van der Waals surface area (Å²) >= 11 is 0. The molecule has 5 heterocycles. The highest BCUT2D eigenvalue weighted by Gasteiger charge is 2.33. The number of rotatable bonds is 3. The van der Waals surface area contributed by atoms with Crippen LogP contribution in [0.5, 0.6) is 0 Å². The number of aryl methyl sites for hydroxylation is 1. The molecule has 2 fully saturated rings. The second-order valence-corrected chi connectivity index (χ2v) is 7.82. The van der Waals surface area contributed by atoms with Gasteiger partial charge in [-0.2, -0.15) is 5.10 Å². The van der Waals surface area contributed by atoms with Crippen molar-refractivity contribution < 1.29 is 9.15 Å². The molecule has 0 spiro atoms. The van der Waals surface area contributed by atoms with E-state index in [2.05, 4.69) is 15.0 Å². The van der Waals surface area contributed by atoms with Gasteiger partial charge in [0.2, 0.25) is 0 Å². The molecule has 0 bridgehead atoms. The van der Waals surface area contributed by atoms with Crippen molar-refractivity contribution in [1.82, 2.24) is 24.6 Å². The van der Waals surface area contributed by atoms with Crippen LogP contribution in [0.4, 0.5) is 5.82 Å². The minimum absolute atomic E-state index is 0.311.